The molecule has 0 saturated carbocycles. The van der Waals surface area contributed by atoms with E-state index < -0.39 is 4.92 Å². The van der Waals surface area contributed by atoms with Crippen molar-refractivity contribution in [2.45, 2.75) is 6.54 Å². The molecule has 0 bridgehead atoms. The van der Waals surface area contributed by atoms with Gasteiger partial charge in [0.1, 0.15) is 5.69 Å². The number of anilines is 2. The Bertz CT molecular complexity index is 586. The lowest BCUT2D eigenvalue weighted by atomic mass is 10.2. The van der Waals surface area contributed by atoms with Crippen molar-refractivity contribution in [2.24, 2.45) is 0 Å². The Hall–Kier alpha value is -2.63. The van der Waals surface area contributed by atoms with Crippen LogP contribution >= 0.6 is 0 Å². The van der Waals surface area contributed by atoms with E-state index in [0.717, 1.165) is 11.4 Å². The number of nitro groups is 1. The van der Waals surface area contributed by atoms with Crippen LogP contribution in [0, 0.1) is 10.1 Å². The molecule has 0 spiro atoms. The van der Waals surface area contributed by atoms with Gasteiger partial charge in [0, 0.05) is 25.0 Å². The van der Waals surface area contributed by atoms with E-state index in [9.17, 15) is 10.1 Å². The van der Waals surface area contributed by atoms with Gasteiger partial charge in [0.25, 0.3) is 5.69 Å². The average molecular weight is 258 g/mol. The third kappa shape index (κ3) is 2.98. The minimum Gasteiger partial charge on any atom is -0.393 e. The summed E-state index contributed by atoms with van der Waals surface area (Å²) in [5, 5.41) is 10.7. The zero-order valence-corrected chi connectivity index (χ0v) is 10.5. The summed E-state index contributed by atoms with van der Waals surface area (Å²) in [6.07, 6.45) is 1.73. The third-order valence-corrected chi connectivity index (χ3v) is 2.77. The van der Waals surface area contributed by atoms with Crippen LogP contribution in [0.2, 0.25) is 0 Å². The molecule has 0 fully saturated rings. The van der Waals surface area contributed by atoms with Gasteiger partial charge in [0.05, 0.1) is 17.2 Å². The summed E-state index contributed by atoms with van der Waals surface area (Å²) in [6, 6.07) is 10.4. The molecular formula is C13H14N4O2. The minimum atomic E-state index is -0.488. The van der Waals surface area contributed by atoms with E-state index in [4.69, 9.17) is 5.73 Å². The zero-order valence-electron chi connectivity index (χ0n) is 10.5. The van der Waals surface area contributed by atoms with Crippen LogP contribution in [0.25, 0.3) is 0 Å². The van der Waals surface area contributed by atoms with Crippen molar-refractivity contribution in [1.29, 1.82) is 0 Å². The molecule has 6 heteroatoms. The van der Waals surface area contributed by atoms with Crippen LogP contribution in [-0.4, -0.2) is 17.0 Å². The number of rotatable bonds is 4. The van der Waals surface area contributed by atoms with Gasteiger partial charge in [-0.3, -0.25) is 15.1 Å². The number of hydrogen-bond acceptors (Lipinski definition) is 5. The van der Waals surface area contributed by atoms with Crippen molar-refractivity contribution in [3.05, 3.63) is 58.4 Å². The highest BCUT2D eigenvalue weighted by atomic mass is 16.6. The molecule has 6 nitrogen and oxygen atoms in total. The van der Waals surface area contributed by atoms with E-state index in [-0.39, 0.29) is 11.4 Å². The van der Waals surface area contributed by atoms with E-state index in [1.54, 1.807) is 18.3 Å². The standard InChI is InChI=1S/C13H14N4O2/c1-16(9-10-4-2-3-7-15-10)11-5-6-13(17(18)19)12(14)8-11/h2-8H,9,14H2,1H3. The summed E-state index contributed by atoms with van der Waals surface area (Å²) in [4.78, 5) is 16.4. The molecule has 0 aliphatic rings. The van der Waals surface area contributed by atoms with Gasteiger partial charge in [-0.05, 0) is 24.3 Å². The van der Waals surface area contributed by atoms with Crippen molar-refractivity contribution >= 4 is 17.1 Å². The molecule has 0 unspecified atom stereocenters. The van der Waals surface area contributed by atoms with Crippen LogP contribution in [0.15, 0.2) is 42.6 Å². The first kappa shape index (κ1) is 12.8. The molecule has 2 aromatic rings. The topological polar surface area (TPSA) is 85.3 Å². The highest BCUT2D eigenvalue weighted by Crippen LogP contribution is 2.26. The van der Waals surface area contributed by atoms with E-state index >= 15 is 0 Å². The fraction of sp³-hybridized carbons (Fsp3) is 0.154. The number of benzene rings is 1. The molecule has 0 radical (unpaired) electrons. The zero-order chi connectivity index (χ0) is 13.8. The predicted octanol–water partition coefficient (Wildman–Crippen LogP) is 2.21. The van der Waals surface area contributed by atoms with Crippen LogP contribution in [-0.2, 0) is 6.54 Å². The lowest BCUT2D eigenvalue weighted by Crippen LogP contribution is -2.17. The van der Waals surface area contributed by atoms with E-state index in [0.29, 0.717) is 6.54 Å². The Labute approximate surface area is 110 Å². The largest absolute Gasteiger partial charge is 0.393 e. The molecule has 0 aliphatic heterocycles. The first-order valence-electron chi connectivity index (χ1n) is 5.73. The van der Waals surface area contributed by atoms with Gasteiger partial charge in [0.15, 0.2) is 0 Å². The molecular weight excluding hydrogens is 244 g/mol. The average Bonchev–Trinajstić information content (AvgIpc) is 2.39. The summed E-state index contributed by atoms with van der Waals surface area (Å²) in [5.74, 6) is 0. The summed E-state index contributed by atoms with van der Waals surface area (Å²) in [7, 11) is 1.88. The number of nitrogen functional groups attached to an aromatic ring is 1. The third-order valence-electron chi connectivity index (χ3n) is 2.77. The Morgan fingerprint density at radius 1 is 1.37 bits per heavy atom. The first-order chi connectivity index (χ1) is 9.08. The number of hydrogen-bond donors (Lipinski definition) is 1. The summed E-state index contributed by atoms with van der Waals surface area (Å²) >= 11 is 0. The summed E-state index contributed by atoms with van der Waals surface area (Å²) in [5.41, 5.74) is 7.49. The predicted molar refractivity (Wildman–Crippen MR) is 73.9 cm³/mol. The van der Waals surface area contributed by atoms with Gasteiger partial charge in [-0.15, -0.1) is 0 Å². The van der Waals surface area contributed by atoms with Gasteiger partial charge < -0.3 is 10.6 Å². The molecule has 98 valence electrons. The molecule has 1 aromatic carbocycles. The molecule has 1 heterocycles. The van der Waals surface area contributed by atoms with Crippen molar-refractivity contribution in [3.8, 4) is 0 Å². The lowest BCUT2D eigenvalue weighted by molar-refractivity contribution is -0.383. The number of pyridine rings is 1. The molecule has 2 N–H and O–H groups in total. The number of nitrogens with zero attached hydrogens (tertiary/aromatic N) is 3. The van der Waals surface area contributed by atoms with Gasteiger partial charge in [0.2, 0.25) is 0 Å². The Morgan fingerprint density at radius 3 is 2.74 bits per heavy atom. The smallest absolute Gasteiger partial charge is 0.292 e. The fourth-order valence-corrected chi connectivity index (χ4v) is 1.77. The molecule has 0 atom stereocenters. The Kier molecular flexibility index (Phi) is 3.61. The van der Waals surface area contributed by atoms with Gasteiger partial charge in [-0.1, -0.05) is 6.07 Å². The van der Waals surface area contributed by atoms with E-state index in [2.05, 4.69) is 4.98 Å². The van der Waals surface area contributed by atoms with Crippen molar-refractivity contribution in [1.82, 2.24) is 4.98 Å². The minimum absolute atomic E-state index is 0.0741. The second-order valence-electron chi connectivity index (χ2n) is 4.18. The molecule has 0 amide bonds. The van der Waals surface area contributed by atoms with E-state index in [1.165, 1.54) is 6.07 Å². The quantitative estimate of drug-likeness (QED) is 0.516. The number of aromatic nitrogens is 1. The normalized spacial score (nSPS) is 10.2. The maximum absolute atomic E-state index is 10.7. The van der Waals surface area contributed by atoms with Gasteiger partial charge in [-0.2, -0.15) is 0 Å². The van der Waals surface area contributed by atoms with Crippen LogP contribution in [0.3, 0.4) is 0 Å². The summed E-state index contributed by atoms with van der Waals surface area (Å²) < 4.78 is 0. The molecule has 2 rings (SSSR count). The highest BCUT2D eigenvalue weighted by Gasteiger charge is 2.12. The van der Waals surface area contributed by atoms with Crippen LogP contribution < -0.4 is 10.6 Å². The first-order valence-corrected chi connectivity index (χ1v) is 5.73. The number of nitro benzene ring substituents is 1. The fourth-order valence-electron chi connectivity index (χ4n) is 1.77. The van der Waals surface area contributed by atoms with Crippen molar-refractivity contribution in [2.75, 3.05) is 17.7 Å². The highest BCUT2D eigenvalue weighted by molar-refractivity contribution is 5.66. The Balaban J connectivity index is 2.18. The van der Waals surface area contributed by atoms with Crippen molar-refractivity contribution < 1.29 is 4.92 Å². The lowest BCUT2D eigenvalue weighted by Gasteiger charge is -2.19. The molecule has 19 heavy (non-hydrogen) atoms. The summed E-state index contributed by atoms with van der Waals surface area (Å²) in [6.45, 7) is 0.609. The van der Waals surface area contributed by atoms with E-state index in [1.807, 2.05) is 30.1 Å². The van der Waals surface area contributed by atoms with Gasteiger partial charge >= 0.3 is 0 Å². The monoisotopic (exact) mass is 258 g/mol. The maximum Gasteiger partial charge on any atom is 0.292 e. The maximum atomic E-state index is 10.7. The second kappa shape index (κ2) is 5.34. The molecule has 1 aromatic heterocycles. The molecule has 0 aliphatic carbocycles. The second-order valence-corrected chi connectivity index (χ2v) is 4.18. The molecule has 0 saturated heterocycles. The number of nitrogens with two attached hydrogens (primary N) is 1. The van der Waals surface area contributed by atoms with Crippen molar-refractivity contribution in [3.63, 3.8) is 0 Å². The van der Waals surface area contributed by atoms with Gasteiger partial charge in [-0.25, -0.2) is 0 Å². The van der Waals surface area contributed by atoms with Crippen LogP contribution in [0.1, 0.15) is 5.69 Å². The van der Waals surface area contributed by atoms with Crippen LogP contribution in [0.4, 0.5) is 17.1 Å². The Morgan fingerprint density at radius 2 is 2.16 bits per heavy atom. The van der Waals surface area contributed by atoms with Crippen LogP contribution in [0.5, 0.6) is 0 Å². The SMILES string of the molecule is CN(Cc1ccccn1)c1ccc([N+](=O)[O-])c(N)c1.